The van der Waals surface area contributed by atoms with E-state index < -0.39 is 0 Å². The summed E-state index contributed by atoms with van der Waals surface area (Å²) >= 11 is 0. The van der Waals surface area contributed by atoms with E-state index in [1.165, 1.54) is 0 Å². The number of piperidine rings is 1. The summed E-state index contributed by atoms with van der Waals surface area (Å²) in [7, 11) is 0. The van der Waals surface area contributed by atoms with E-state index in [1.54, 1.807) is 0 Å². The van der Waals surface area contributed by atoms with Crippen molar-refractivity contribution in [2.45, 2.75) is 18.4 Å². The topological polar surface area (TPSA) is 62.3 Å². The van der Waals surface area contributed by atoms with E-state index in [0.717, 1.165) is 31.6 Å². The van der Waals surface area contributed by atoms with Gasteiger partial charge in [0.05, 0.1) is 31.9 Å². The number of rotatable bonds is 3. The first-order valence-corrected chi connectivity index (χ1v) is 9.73. The molecule has 146 valence electrons. The zero-order valence-electron chi connectivity index (χ0n) is 15.6. The Morgan fingerprint density at radius 3 is 2.44 bits per heavy atom. The quantitative estimate of drug-likeness (QED) is 0.782. The summed E-state index contributed by atoms with van der Waals surface area (Å²) in [5, 5.41) is 0. The normalized spacial score (nSPS) is 23.6. The Balaban J connectivity index is 1.35. The molecule has 3 saturated heterocycles. The summed E-state index contributed by atoms with van der Waals surface area (Å²) in [5.41, 5.74) is 0.565. The Labute approximate surface area is 159 Å². The van der Waals surface area contributed by atoms with Gasteiger partial charge in [0.1, 0.15) is 6.61 Å². The second-order valence-electron chi connectivity index (χ2n) is 7.56. The molecule has 0 saturated carbocycles. The lowest BCUT2D eigenvalue weighted by atomic mass is 9.89. The molecule has 0 aliphatic carbocycles. The number of hydrogen-bond donors (Lipinski definition) is 0. The maximum absolute atomic E-state index is 12.6. The molecule has 3 fully saturated rings. The second-order valence-corrected chi connectivity index (χ2v) is 7.56. The highest BCUT2D eigenvalue weighted by molar-refractivity contribution is 5.95. The van der Waals surface area contributed by atoms with Gasteiger partial charge in [0, 0.05) is 31.9 Å². The van der Waals surface area contributed by atoms with Crippen LogP contribution in [0.1, 0.15) is 12.8 Å². The lowest BCUT2D eigenvalue weighted by Gasteiger charge is -2.47. The first-order valence-electron chi connectivity index (χ1n) is 9.73. The molecule has 0 atom stereocenters. The van der Waals surface area contributed by atoms with Crippen LogP contribution < -0.4 is 4.90 Å². The van der Waals surface area contributed by atoms with Crippen LogP contribution in [0, 0.1) is 0 Å². The molecule has 0 aromatic heterocycles. The van der Waals surface area contributed by atoms with Crippen LogP contribution in [0.3, 0.4) is 0 Å². The predicted molar refractivity (Wildman–Crippen MR) is 101 cm³/mol. The van der Waals surface area contributed by atoms with Crippen LogP contribution >= 0.6 is 0 Å². The van der Waals surface area contributed by atoms with Crippen molar-refractivity contribution in [1.82, 2.24) is 9.80 Å². The molecule has 3 aliphatic rings. The van der Waals surface area contributed by atoms with Crippen LogP contribution in [0.2, 0.25) is 0 Å². The number of carbonyl (C=O) groups is 2. The van der Waals surface area contributed by atoms with Crippen molar-refractivity contribution in [2.24, 2.45) is 0 Å². The Morgan fingerprint density at radius 1 is 1.04 bits per heavy atom. The van der Waals surface area contributed by atoms with E-state index in [2.05, 4.69) is 4.90 Å². The monoisotopic (exact) mass is 373 g/mol. The van der Waals surface area contributed by atoms with Crippen LogP contribution in [0.4, 0.5) is 5.69 Å². The van der Waals surface area contributed by atoms with Gasteiger partial charge in [0.2, 0.25) is 5.91 Å². The van der Waals surface area contributed by atoms with Crippen LogP contribution in [-0.2, 0) is 19.1 Å². The lowest BCUT2D eigenvalue weighted by molar-refractivity contribution is -0.151. The largest absolute Gasteiger partial charge is 0.379 e. The maximum Gasteiger partial charge on any atom is 0.253 e. The van der Waals surface area contributed by atoms with E-state index in [4.69, 9.17) is 9.47 Å². The molecule has 7 heteroatoms. The third kappa shape index (κ3) is 4.15. The summed E-state index contributed by atoms with van der Waals surface area (Å²) in [6.45, 7) is 5.53. The smallest absolute Gasteiger partial charge is 0.253 e. The molecule has 0 bridgehead atoms. The number of anilines is 1. The van der Waals surface area contributed by atoms with Gasteiger partial charge in [-0.1, -0.05) is 18.2 Å². The van der Waals surface area contributed by atoms with Gasteiger partial charge in [-0.2, -0.15) is 0 Å². The summed E-state index contributed by atoms with van der Waals surface area (Å²) in [4.78, 5) is 30.9. The third-order valence-corrected chi connectivity index (χ3v) is 5.81. The van der Waals surface area contributed by atoms with E-state index in [1.807, 2.05) is 40.1 Å². The molecule has 1 spiro atoms. The molecule has 1 aromatic rings. The first-order chi connectivity index (χ1) is 13.2. The second kappa shape index (κ2) is 7.96. The van der Waals surface area contributed by atoms with E-state index in [9.17, 15) is 9.59 Å². The Hall–Kier alpha value is -1.96. The van der Waals surface area contributed by atoms with Gasteiger partial charge in [-0.25, -0.2) is 0 Å². The van der Waals surface area contributed by atoms with Crippen molar-refractivity contribution in [3.8, 4) is 0 Å². The van der Waals surface area contributed by atoms with Crippen molar-refractivity contribution in [3.05, 3.63) is 30.3 Å². The number of amides is 2. The molecule has 0 unspecified atom stereocenters. The number of hydrogen-bond acceptors (Lipinski definition) is 5. The van der Waals surface area contributed by atoms with Gasteiger partial charge < -0.3 is 19.3 Å². The van der Waals surface area contributed by atoms with Crippen LogP contribution in [0.25, 0.3) is 0 Å². The molecule has 3 aliphatic heterocycles. The van der Waals surface area contributed by atoms with Crippen molar-refractivity contribution < 1.29 is 19.1 Å². The summed E-state index contributed by atoms with van der Waals surface area (Å²) in [6, 6.07) is 9.74. The third-order valence-electron chi connectivity index (χ3n) is 5.81. The highest BCUT2D eigenvalue weighted by atomic mass is 16.5. The zero-order chi connectivity index (χ0) is 18.7. The molecule has 3 heterocycles. The molecule has 27 heavy (non-hydrogen) atoms. The van der Waals surface area contributed by atoms with Gasteiger partial charge in [-0.05, 0) is 25.0 Å². The fourth-order valence-corrected chi connectivity index (χ4v) is 4.07. The number of ether oxygens (including phenoxy) is 2. The molecular formula is C20H27N3O4. The zero-order valence-corrected chi connectivity index (χ0v) is 15.6. The van der Waals surface area contributed by atoms with Crippen LogP contribution in [0.5, 0.6) is 0 Å². The maximum atomic E-state index is 12.6. The number of morpholine rings is 2. The lowest BCUT2D eigenvalue weighted by Crippen LogP contribution is -2.60. The van der Waals surface area contributed by atoms with E-state index in [0.29, 0.717) is 39.4 Å². The van der Waals surface area contributed by atoms with Crippen molar-refractivity contribution in [2.75, 3.05) is 64.0 Å². The Kier molecular flexibility index (Phi) is 5.43. The molecule has 0 radical (unpaired) electrons. The molecule has 4 rings (SSSR count). The van der Waals surface area contributed by atoms with Gasteiger partial charge in [-0.3, -0.25) is 14.5 Å². The minimum absolute atomic E-state index is 0.00218. The van der Waals surface area contributed by atoms with Crippen molar-refractivity contribution >= 4 is 17.5 Å². The summed E-state index contributed by atoms with van der Waals surface area (Å²) < 4.78 is 11.3. The number of carbonyl (C=O) groups excluding carboxylic acids is 2. The first kappa shape index (κ1) is 18.4. The standard InChI is InChI=1S/C20H27N3O4/c24-18(14-21-10-12-26-13-11-21)22-8-6-20(7-9-22)16-23(19(25)15-27-20)17-4-2-1-3-5-17/h1-5H,6-16H2. The summed E-state index contributed by atoms with van der Waals surface area (Å²) in [5.74, 6) is 0.177. The number of benzene rings is 1. The minimum Gasteiger partial charge on any atom is -0.379 e. The van der Waals surface area contributed by atoms with Crippen LogP contribution in [0.15, 0.2) is 30.3 Å². The average Bonchev–Trinajstić information content (AvgIpc) is 2.72. The molecule has 2 amide bonds. The molecule has 1 aromatic carbocycles. The van der Waals surface area contributed by atoms with Gasteiger partial charge in [-0.15, -0.1) is 0 Å². The fraction of sp³-hybridized carbons (Fsp3) is 0.600. The Morgan fingerprint density at radius 2 is 1.74 bits per heavy atom. The highest BCUT2D eigenvalue weighted by Crippen LogP contribution is 2.32. The van der Waals surface area contributed by atoms with Gasteiger partial charge in [0.25, 0.3) is 5.91 Å². The average molecular weight is 373 g/mol. The number of likely N-dealkylation sites (tertiary alicyclic amines) is 1. The van der Waals surface area contributed by atoms with Crippen molar-refractivity contribution in [3.63, 3.8) is 0 Å². The number of para-hydroxylation sites is 1. The predicted octanol–water partition coefficient (Wildman–Crippen LogP) is 0.743. The Bertz CT molecular complexity index is 667. The minimum atomic E-state index is -0.348. The van der Waals surface area contributed by atoms with Crippen molar-refractivity contribution in [1.29, 1.82) is 0 Å². The fourth-order valence-electron chi connectivity index (χ4n) is 4.07. The highest BCUT2D eigenvalue weighted by Gasteiger charge is 2.43. The molecule has 0 N–H and O–H groups in total. The van der Waals surface area contributed by atoms with E-state index >= 15 is 0 Å². The van der Waals surface area contributed by atoms with Gasteiger partial charge >= 0.3 is 0 Å². The molecule has 7 nitrogen and oxygen atoms in total. The summed E-state index contributed by atoms with van der Waals surface area (Å²) in [6.07, 6.45) is 1.52. The number of nitrogens with zero attached hydrogens (tertiary/aromatic N) is 3. The van der Waals surface area contributed by atoms with Crippen LogP contribution in [-0.4, -0.2) is 86.3 Å². The van der Waals surface area contributed by atoms with E-state index in [-0.39, 0.29) is 24.0 Å². The SMILES string of the molecule is O=C(CN1CCOCC1)N1CCC2(CC1)CN(c1ccccc1)C(=O)CO2. The molecular weight excluding hydrogens is 346 g/mol. The van der Waals surface area contributed by atoms with Gasteiger partial charge in [0.15, 0.2) is 0 Å².